The van der Waals surface area contributed by atoms with Crippen molar-refractivity contribution in [3.05, 3.63) is 35.7 Å². The molecule has 0 spiro atoms. The maximum absolute atomic E-state index is 13.2. The lowest BCUT2D eigenvalue weighted by Gasteiger charge is -2.35. The predicted molar refractivity (Wildman–Crippen MR) is 92.1 cm³/mol. The van der Waals surface area contributed by atoms with Gasteiger partial charge >= 0.3 is 0 Å². The molecule has 1 atom stereocenters. The number of Topliss-reactive ketones (excluding diaryl/α,β-unsaturated/α-hetero) is 1. The number of hydrogen-bond donors (Lipinski definition) is 0. The standard InChI is InChI=1S/C18H26N4O/c1-13(2)17-16(15-7-5-6-8-22(15)19-17)18(23)14(3)21-11-9-20(4)10-12-21/h5-8,13-14H,9-12H2,1-4H3. The van der Waals surface area contributed by atoms with Crippen molar-refractivity contribution in [3.8, 4) is 0 Å². The van der Waals surface area contributed by atoms with Crippen molar-refractivity contribution in [2.24, 2.45) is 0 Å². The van der Waals surface area contributed by atoms with Gasteiger partial charge in [-0.05, 0) is 32.0 Å². The van der Waals surface area contributed by atoms with Crippen molar-refractivity contribution in [1.29, 1.82) is 0 Å². The number of likely N-dealkylation sites (N-methyl/N-ethyl adjacent to an activating group) is 1. The molecule has 124 valence electrons. The molecule has 2 aromatic rings. The summed E-state index contributed by atoms with van der Waals surface area (Å²) in [6.07, 6.45) is 1.92. The molecule has 0 aliphatic carbocycles. The molecule has 2 aromatic heterocycles. The van der Waals surface area contributed by atoms with Gasteiger partial charge in [0, 0.05) is 32.4 Å². The van der Waals surface area contributed by atoms with Crippen LogP contribution in [0, 0.1) is 0 Å². The number of pyridine rings is 1. The molecule has 0 amide bonds. The molecule has 1 aliphatic heterocycles. The highest BCUT2D eigenvalue weighted by molar-refractivity contribution is 6.06. The van der Waals surface area contributed by atoms with Gasteiger partial charge in [0.2, 0.25) is 0 Å². The number of piperazine rings is 1. The fourth-order valence-corrected chi connectivity index (χ4v) is 3.26. The van der Waals surface area contributed by atoms with Gasteiger partial charge in [-0.25, -0.2) is 4.52 Å². The number of fused-ring (bicyclic) bond motifs is 1. The highest BCUT2D eigenvalue weighted by Gasteiger charge is 2.30. The minimum Gasteiger partial charge on any atom is -0.304 e. The minimum atomic E-state index is -0.102. The highest BCUT2D eigenvalue weighted by atomic mass is 16.1. The Hall–Kier alpha value is -1.72. The lowest BCUT2D eigenvalue weighted by molar-refractivity contribution is 0.0738. The predicted octanol–water partition coefficient (Wildman–Crippen LogP) is 2.28. The lowest BCUT2D eigenvalue weighted by atomic mass is 9.97. The zero-order valence-electron chi connectivity index (χ0n) is 14.5. The monoisotopic (exact) mass is 314 g/mol. The number of ketones is 1. The number of aromatic nitrogens is 2. The molecule has 3 rings (SSSR count). The van der Waals surface area contributed by atoms with Crippen LogP contribution in [-0.2, 0) is 0 Å². The third-order valence-electron chi connectivity index (χ3n) is 4.83. The molecule has 1 fully saturated rings. The molecular weight excluding hydrogens is 288 g/mol. The van der Waals surface area contributed by atoms with Gasteiger partial charge in [-0.15, -0.1) is 0 Å². The topological polar surface area (TPSA) is 40.9 Å². The van der Waals surface area contributed by atoms with Crippen LogP contribution < -0.4 is 0 Å². The zero-order chi connectivity index (χ0) is 16.6. The molecule has 1 unspecified atom stereocenters. The Labute approximate surface area is 137 Å². The van der Waals surface area contributed by atoms with Crippen LogP contribution in [0.4, 0.5) is 0 Å². The fraction of sp³-hybridized carbons (Fsp3) is 0.556. The Morgan fingerprint density at radius 2 is 1.83 bits per heavy atom. The third-order valence-corrected chi connectivity index (χ3v) is 4.83. The third kappa shape index (κ3) is 3.03. The minimum absolute atomic E-state index is 0.102. The number of carbonyl (C=O) groups excluding carboxylic acids is 1. The maximum Gasteiger partial charge on any atom is 0.183 e. The number of carbonyl (C=O) groups is 1. The van der Waals surface area contributed by atoms with Crippen molar-refractivity contribution in [1.82, 2.24) is 19.4 Å². The first-order chi connectivity index (χ1) is 11.0. The van der Waals surface area contributed by atoms with Crippen LogP contribution in [0.1, 0.15) is 42.7 Å². The van der Waals surface area contributed by atoms with Gasteiger partial charge in [-0.1, -0.05) is 19.9 Å². The van der Waals surface area contributed by atoms with Crippen LogP contribution >= 0.6 is 0 Å². The summed E-state index contributed by atoms with van der Waals surface area (Å²) >= 11 is 0. The summed E-state index contributed by atoms with van der Waals surface area (Å²) in [7, 11) is 2.13. The summed E-state index contributed by atoms with van der Waals surface area (Å²) in [5.74, 6) is 0.424. The van der Waals surface area contributed by atoms with E-state index in [1.807, 2.05) is 35.8 Å². The molecule has 5 heteroatoms. The molecule has 0 saturated carbocycles. The van der Waals surface area contributed by atoms with Gasteiger partial charge in [0.15, 0.2) is 5.78 Å². The summed E-state index contributed by atoms with van der Waals surface area (Å²) in [5.41, 5.74) is 2.62. The van der Waals surface area contributed by atoms with E-state index < -0.39 is 0 Å². The van der Waals surface area contributed by atoms with Crippen LogP contribution in [0.25, 0.3) is 5.52 Å². The molecule has 3 heterocycles. The molecule has 0 aromatic carbocycles. The van der Waals surface area contributed by atoms with Crippen molar-refractivity contribution in [3.63, 3.8) is 0 Å². The van der Waals surface area contributed by atoms with Crippen molar-refractivity contribution >= 4 is 11.3 Å². The second-order valence-corrected chi connectivity index (χ2v) is 6.82. The van der Waals surface area contributed by atoms with Gasteiger partial charge in [0.25, 0.3) is 0 Å². The molecule has 5 nitrogen and oxygen atoms in total. The molecule has 23 heavy (non-hydrogen) atoms. The molecular formula is C18H26N4O. The first-order valence-corrected chi connectivity index (χ1v) is 8.43. The van der Waals surface area contributed by atoms with E-state index in [1.54, 1.807) is 0 Å². The van der Waals surface area contributed by atoms with Crippen molar-refractivity contribution in [2.75, 3.05) is 33.2 Å². The Balaban J connectivity index is 1.95. The SMILES string of the molecule is CC(C)c1nn2ccccc2c1C(=O)C(C)N1CCN(C)CC1. The van der Waals surface area contributed by atoms with Gasteiger partial charge < -0.3 is 4.90 Å². The van der Waals surface area contributed by atoms with Gasteiger partial charge in [-0.2, -0.15) is 5.10 Å². The van der Waals surface area contributed by atoms with Crippen LogP contribution in [0.2, 0.25) is 0 Å². The van der Waals surface area contributed by atoms with Gasteiger partial charge in [0.05, 0.1) is 22.8 Å². The molecule has 0 radical (unpaired) electrons. The van der Waals surface area contributed by atoms with E-state index in [9.17, 15) is 4.79 Å². The van der Waals surface area contributed by atoms with Crippen molar-refractivity contribution in [2.45, 2.75) is 32.7 Å². The van der Waals surface area contributed by atoms with E-state index >= 15 is 0 Å². The van der Waals surface area contributed by atoms with Crippen LogP contribution in [0.3, 0.4) is 0 Å². The number of nitrogens with zero attached hydrogens (tertiary/aromatic N) is 4. The fourth-order valence-electron chi connectivity index (χ4n) is 3.26. The normalized spacial score (nSPS) is 18.7. The van der Waals surface area contributed by atoms with E-state index in [1.165, 1.54) is 0 Å². The van der Waals surface area contributed by atoms with Crippen LogP contribution in [-0.4, -0.2) is 64.5 Å². The van der Waals surface area contributed by atoms with E-state index in [0.717, 1.165) is 43.0 Å². The summed E-state index contributed by atoms with van der Waals surface area (Å²) in [5, 5.41) is 4.64. The van der Waals surface area contributed by atoms with Gasteiger partial charge in [0.1, 0.15) is 0 Å². The summed E-state index contributed by atoms with van der Waals surface area (Å²) in [6, 6.07) is 5.80. The zero-order valence-corrected chi connectivity index (χ0v) is 14.5. The average molecular weight is 314 g/mol. The largest absolute Gasteiger partial charge is 0.304 e. The second-order valence-electron chi connectivity index (χ2n) is 6.82. The quantitative estimate of drug-likeness (QED) is 0.812. The summed E-state index contributed by atoms with van der Waals surface area (Å²) < 4.78 is 1.83. The first kappa shape index (κ1) is 16.1. The Bertz CT molecular complexity index is 698. The Morgan fingerprint density at radius 1 is 1.13 bits per heavy atom. The summed E-state index contributed by atoms with van der Waals surface area (Å²) in [6.45, 7) is 10.1. The van der Waals surface area contributed by atoms with E-state index in [-0.39, 0.29) is 17.7 Å². The number of rotatable bonds is 4. The number of hydrogen-bond acceptors (Lipinski definition) is 4. The van der Waals surface area contributed by atoms with E-state index in [4.69, 9.17) is 0 Å². The van der Waals surface area contributed by atoms with Crippen molar-refractivity contribution < 1.29 is 4.79 Å². The Morgan fingerprint density at radius 3 is 2.48 bits per heavy atom. The first-order valence-electron chi connectivity index (χ1n) is 8.43. The average Bonchev–Trinajstić information content (AvgIpc) is 2.94. The molecule has 1 aliphatic rings. The Kier molecular flexibility index (Phi) is 4.50. The van der Waals surface area contributed by atoms with Crippen LogP contribution in [0.15, 0.2) is 24.4 Å². The maximum atomic E-state index is 13.2. The highest BCUT2D eigenvalue weighted by Crippen LogP contribution is 2.25. The second kappa shape index (κ2) is 6.42. The smallest absolute Gasteiger partial charge is 0.183 e. The van der Waals surface area contributed by atoms with E-state index in [0.29, 0.717) is 0 Å². The summed E-state index contributed by atoms with van der Waals surface area (Å²) in [4.78, 5) is 17.8. The van der Waals surface area contributed by atoms with E-state index in [2.05, 4.69) is 35.8 Å². The molecule has 1 saturated heterocycles. The van der Waals surface area contributed by atoms with Gasteiger partial charge in [-0.3, -0.25) is 9.69 Å². The lowest BCUT2D eigenvalue weighted by Crippen LogP contribution is -2.50. The van der Waals surface area contributed by atoms with Crippen LogP contribution in [0.5, 0.6) is 0 Å². The molecule has 0 bridgehead atoms. The molecule has 0 N–H and O–H groups in total.